The molecule has 3 N–H and O–H groups in total. The van der Waals surface area contributed by atoms with Gasteiger partial charge >= 0.3 is 0 Å². The maximum absolute atomic E-state index is 13.8. The van der Waals surface area contributed by atoms with Gasteiger partial charge in [-0.2, -0.15) is 0 Å². The molecule has 1 aromatic rings. The number of hydrogen-bond donors (Lipinski definition) is 2. The zero-order valence-electron chi connectivity index (χ0n) is 9.58. The lowest BCUT2D eigenvalue weighted by Crippen LogP contribution is -2.40. The van der Waals surface area contributed by atoms with Crippen molar-refractivity contribution in [1.82, 2.24) is 5.01 Å². The summed E-state index contributed by atoms with van der Waals surface area (Å²) in [4.78, 5) is -0.163. The molecule has 1 saturated heterocycles. The fourth-order valence-electron chi connectivity index (χ4n) is 1.67. The Kier molecular flexibility index (Phi) is 4.05. The second kappa shape index (κ2) is 5.55. The number of nitrogens with one attached hydrogen (secondary N) is 1. The molecule has 98 valence electrons. The third-order valence-corrected chi connectivity index (χ3v) is 2.86. The molecule has 18 heavy (non-hydrogen) atoms. The Morgan fingerprint density at radius 1 is 1.28 bits per heavy atom. The molecule has 0 atom stereocenters. The maximum Gasteiger partial charge on any atom is 0.183 e. The molecule has 4 nitrogen and oxygen atoms in total. The minimum Gasteiger partial charge on any atom is -0.389 e. The van der Waals surface area contributed by atoms with Crippen LogP contribution < -0.4 is 11.2 Å². The topological polar surface area (TPSA) is 50.5 Å². The molecule has 7 heteroatoms. The summed E-state index contributed by atoms with van der Waals surface area (Å²) in [6.45, 7) is 2.33. The molecule has 1 aliphatic heterocycles. The Labute approximate surface area is 109 Å². The summed E-state index contributed by atoms with van der Waals surface area (Å²) in [7, 11) is 0. The van der Waals surface area contributed by atoms with Gasteiger partial charge in [0, 0.05) is 18.7 Å². The van der Waals surface area contributed by atoms with E-state index >= 15 is 0 Å². The molecule has 1 fully saturated rings. The number of ether oxygens (including phenoxy) is 1. The fraction of sp³-hybridized carbons (Fsp3) is 0.364. The number of nitrogens with zero attached hydrogens (tertiary/aromatic N) is 1. The van der Waals surface area contributed by atoms with Crippen LogP contribution in [0.4, 0.5) is 14.5 Å². The standard InChI is InChI=1S/C11H13F2N3OS/c12-9-7(11(14)18)1-2-8(10(9)13)15-16-3-5-17-6-4-16/h1-2,15H,3-6H2,(H2,14,18). The zero-order chi connectivity index (χ0) is 13.1. The summed E-state index contributed by atoms with van der Waals surface area (Å²) >= 11 is 4.64. The predicted octanol–water partition coefficient (Wildman–Crippen LogP) is 1.26. The van der Waals surface area contributed by atoms with E-state index in [1.807, 2.05) is 0 Å². The second-order valence-electron chi connectivity index (χ2n) is 3.86. The number of hydrogen-bond acceptors (Lipinski definition) is 4. The normalized spacial score (nSPS) is 16.6. The lowest BCUT2D eigenvalue weighted by atomic mass is 10.2. The van der Waals surface area contributed by atoms with Crippen LogP contribution in [0.15, 0.2) is 12.1 Å². The van der Waals surface area contributed by atoms with Crippen LogP contribution in [-0.4, -0.2) is 36.3 Å². The third kappa shape index (κ3) is 2.74. The van der Waals surface area contributed by atoms with Crippen molar-refractivity contribution >= 4 is 22.9 Å². The third-order valence-electron chi connectivity index (χ3n) is 2.64. The molecule has 1 aliphatic rings. The molecule has 0 aromatic heterocycles. The highest BCUT2D eigenvalue weighted by Crippen LogP contribution is 2.21. The number of thiocarbonyl (C=S) groups is 1. The Hall–Kier alpha value is -1.31. The number of nitrogens with two attached hydrogens (primary N) is 1. The molecule has 0 unspecified atom stereocenters. The number of halogens is 2. The highest BCUT2D eigenvalue weighted by Gasteiger charge is 2.17. The number of rotatable bonds is 3. The molecule has 0 aliphatic carbocycles. The molecule has 0 saturated carbocycles. The van der Waals surface area contributed by atoms with Crippen molar-refractivity contribution in [2.24, 2.45) is 5.73 Å². The van der Waals surface area contributed by atoms with E-state index in [2.05, 4.69) is 17.6 Å². The van der Waals surface area contributed by atoms with Gasteiger partial charge in [-0.05, 0) is 12.1 Å². The monoisotopic (exact) mass is 273 g/mol. The lowest BCUT2D eigenvalue weighted by Gasteiger charge is -2.28. The predicted molar refractivity (Wildman–Crippen MR) is 68.3 cm³/mol. The highest BCUT2D eigenvalue weighted by molar-refractivity contribution is 7.80. The van der Waals surface area contributed by atoms with Crippen molar-refractivity contribution in [3.8, 4) is 0 Å². The first-order chi connectivity index (χ1) is 8.59. The SMILES string of the molecule is NC(=S)c1ccc(NN2CCOCC2)c(F)c1F. The first-order valence-corrected chi connectivity index (χ1v) is 5.87. The van der Waals surface area contributed by atoms with E-state index < -0.39 is 11.6 Å². The second-order valence-corrected chi connectivity index (χ2v) is 4.30. The minimum absolute atomic E-state index is 0.0643. The van der Waals surface area contributed by atoms with Crippen molar-refractivity contribution in [3.05, 3.63) is 29.3 Å². The van der Waals surface area contributed by atoms with Crippen molar-refractivity contribution in [1.29, 1.82) is 0 Å². The van der Waals surface area contributed by atoms with Crippen LogP contribution in [0.5, 0.6) is 0 Å². The molecule has 0 spiro atoms. The maximum atomic E-state index is 13.8. The smallest absolute Gasteiger partial charge is 0.183 e. The average Bonchev–Trinajstić information content (AvgIpc) is 2.36. The van der Waals surface area contributed by atoms with Gasteiger partial charge in [-0.1, -0.05) is 12.2 Å². The Bertz CT molecular complexity index is 464. The molecule has 0 bridgehead atoms. The lowest BCUT2D eigenvalue weighted by molar-refractivity contribution is 0.0495. The van der Waals surface area contributed by atoms with Gasteiger partial charge in [0.05, 0.1) is 18.9 Å². The number of anilines is 1. The fourth-order valence-corrected chi connectivity index (χ4v) is 1.83. The molecule has 0 amide bonds. The Morgan fingerprint density at radius 2 is 1.94 bits per heavy atom. The van der Waals surface area contributed by atoms with Crippen LogP contribution in [-0.2, 0) is 4.74 Å². The summed E-state index contributed by atoms with van der Waals surface area (Å²) in [5.41, 5.74) is 8.08. The number of hydrazine groups is 1. The van der Waals surface area contributed by atoms with E-state index in [1.165, 1.54) is 12.1 Å². The molecule has 2 rings (SSSR count). The number of benzene rings is 1. The molecule has 0 radical (unpaired) electrons. The van der Waals surface area contributed by atoms with E-state index in [0.29, 0.717) is 26.3 Å². The van der Waals surface area contributed by atoms with Crippen molar-refractivity contribution in [2.45, 2.75) is 0 Å². The van der Waals surface area contributed by atoms with Gasteiger partial charge in [-0.15, -0.1) is 0 Å². The van der Waals surface area contributed by atoms with Gasteiger partial charge in [0.2, 0.25) is 0 Å². The average molecular weight is 273 g/mol. The van der Waals surface area contributed by atoms with Gasteiger partial charge in [0.1, 0.15) is 4.99 Å². The van der Waals surface area contributed by atoms with E-state index in [4.69, 9.17) is 10.5 Å². The van der Waals surface area contributed by atoms with Crippen molar-refractivity contribution in [3.63, 3.8) is 0 Å². The summed E-state index contributed by atoms with van der Waals surface area (Å²) in [6.07, 6.45) is 0. The highest BCUT2D eigenvalue weighted by atomic mass is 32.1. The van der Waals surface area contributed by atoms with Crippen molar-refractivity contribution < 1.29 is 13.5 Å². The van der Waals surface area contributed by atoms with Gasteiger partial charge in [-0.25, -0.2) is 13.8 Å². The summed E-state index contributed by atoms with van der Waals surface area (Å²) in [6, 6.07) is 2.78. The van der Waals surface area contributed by atoms with Gasteiger partial charge in [0.15, 0.2) is 11.6 Å². The Morgan fingerprint density at radius 3 is 2.56 bits per heavy atom. The zero-order valence-corrected chi connectivity index (χ0v) is 10.4. The first kappa shape index (κ1) is 13.1. The van der Waals surface area contributed by atoms with Crippen LogP contribution in [0.2, 0.25) is 0 Å². The van der Waals surface area contributed by atoms with E-state index in [-0.39, 0.29) is 16.2 Å². The molecule has 1 heterocycles. The van der Waals surface area contributed by atoms with Crippen LogP contribution in [0.3, 0.4) is 0 Å². The van der Waals surface area contributed by atoms with Crippen LogP contribution in [0.1, 0.15) is 5.56 Å². The largest absolute Gasteiger partial charge is 0.389 e. The molecular weight excluding hydrogens is 260 g/mol. The number of morpholine rings is 1. The van der Waals surface area contributed by atoms with E-state index in [0.717, 1.165) is 0 Å². The summed E-state index contributed by atoms with van der Waals surface area (Å²) in [5.74, 6) is -2.01. The van der Waals surface area contributed by atoms with Crippen LogP contribution >= 0.6 is 12.2 Å². The Balaban J connectivity index is 2.18. The summed E-state index contributed by atoms with van der Waals surface area (Å²) in [5, 5.41) is 1.77. The quantitative estimate of drug-likeness (QED) is 0.812. The van der Waals surface area contributed by atoms with Crippen molar-refractivity contribution in [2.75, 3.05) is 31.7 Å². The van der Waals surface area contributed by atoms with E-state index in [9.17, 15) is 8.78 Å². The van der Waals surface area contributed by atoms with Gasteiger partial charge in [0.25, 0.3) is 0 Å². The molecule has 1 aromatic carbocycles. The van der Waals surface area contributed by atoms with Gasteiger partial charge in [-0.3, -0.25) is 0 Å². The summed E-state index contributed by atoms with van der Waals surface area (Å²) < 4.78 is 32.6. The van der Waals surface area contributed by atoms with Crippen LogP contribution in [0, 0.1) is 11.6 Å². The van der Waals surface area contributed by atoms with E-state index in [1.54, 1.807) is 5.01 Å². The minimum atomic E-state index is -1.03. The van der Waals surface area contributed by atoms with Crippen LogP contribution in [0.25, 0.3) is 0 Å². The first-order valence-electron chi connectivity index (χ1n) is 5.46. The molecular formula is C11H13F2N3OS. The van der Waals surface area contributed by atoms with Gasteiger partial charge < -0.3 is 15.9 Å².